The van der Waals surface area contributed by atoms with Gasteiger partial charge in [-0.15, -0.1) is 10.2 Å². The molecule has 0 radical (unpaired) electrons. The van der Waals surface area contributed by atoms with Crippen LogP contribution in [0.1, 0.15) is 18.9 Å². The number of nitro benzene ring substituents is 1. The molecule has 0 bridgehead atoms. The van der Waals surface area contributed by atoms with Crippen molar-refractivity contribution < 1.29 is 9.66 Å². The Bertz CT molecular complexity index is 1040. The highest BCUT2D eigenvalue weighted by Gasteiger charge is 2.18. The van der Waals surface area contributed by atoms with Gasteiger partial charge in [-0.2, -0.15) is 5.26 Å². The minimum atomic E-state index is -0.553. The van der Waals surface area contributed by atoms with Gasteiger partial charge in [0.25, 0.3) is 5.69 Å². The highest BCUT2D eigenvalue weighted by molar-refractivity contribution is 7.99. The van der Waals surface area contributed by atoms with E-state index in [1.807, 2.05) is 34.9 Å². The van der Waals surface area contributed by atoms with Crippen LogP contribution >= 0.6 is 11.8 Å². The molecule has 0 atom stereocenters. The number of hydrogen-bond donors (Lipinski definition) is 0. The Kier molecular flexibility index (Phi) is 5.91. The van der Waals surface area contributed by atoms with Crippen LogP contribution in [0.5, 0.6) is 5.75 Å². The molecular weight excluding hydrogens is 378 g/mol. The van der Waals surface area contributed by atoms with Crippen LogP contribution in [0.2, 0.25) is 0 Å². The van der Waals surface area contributed by atoms with Crippen LogP contribution in [0, 0.1) is 21.4 Å². The molecular formula is C19H17N5O3S. The lowest BCUT2D eigenvalue weighted by atomic mass is 10.2. The standard InChI is InChI=1S/C19H17N5O3S/c1-3-10-23-18(13-4-7-15(27-2)8-5-13)21-22-19(23)28-16-9-6-14(12-20)17(11-16)24(25)26/h4-9,11H,3,10H2,1-2H3. The second kappa shape index (κ2) is 8.54. The molecule has 28 heavy (non-hydrogen) atoms. The Labute approximate surface area is 165 Å². The van der Waals surface area contributed by atoms with E-state index in [-0.39, 0.29) is 11.3 Å². The topological polar surface area (TPSA) is 107 Å². The number of rotatable bonds is 7. The Morgan fingerprint density at radius 1 is 1.25 bits per heavy atom. The Morgan fingerprint density at radius 2 is 2.00 bits per heavy atom. The number of nitrogens with zero attached hydrogens (tertiary/aromatic N) is 5. The quantitative estimate of drug-likeness (QED) is 0.434. The van der Waals surface area contributed by atoms with Crippen LogP contribution in [0.3, 0.4) is 0 Å². The third-order valence-corrected chi connectivity index (χ3v) is 4.98. The largest absolute Gasteiger partial charge is 0.497 e. The summed E-state index contributed by atoms with van der Waals surface area (Å²) in [4.78, 5) is 11.3. The van der Waals surface area contributed by atoms with Crippen LogP contribution in [-0.2, 0) is 6.54 Å². The Morgan fingerprint density at radius 3 is 2.61 bits per heavy atom. The number of nitriles is 1. The molecule has 0 unspecified atom stereocenters. The van der Waals surface area contributed by atoms with E-state index >= 15 is 0 Å². The van der Waals surface area contributed by atoms with E-state index in [9.17, 15) is 10.1 Å². The summed E-state index contributed by atoms with van der Waals surface area (Å²) in [6.45, 7) is 2.76. The molecule has 0 saturated heterocycles. The second-order valence-corrected chi connectivity index (χ2v) is 6.88. The molecule has 9 heteroatoms. The monoisotopic (exact) mass is 395 g/mol. The first kappa shape index (κ1) is 19.4. The maximum atomic E-state index is 11.2. The van der Waals surface area contributed by atoms with E-state index in [1.54, 1.807) is 13.2 Å². The number of aromatic nitrogens is 3. The SMILES string of the molecule is CCCn1c(Sc2ccc(C#N)c([N+](=O)[O-])c2)nnc1-c1ccc(OC)cc1. The fraction of sp³-hybridized carbons (Fsp3) is 0.211. The molecule has 8 nitrogen and oxygen atoms in total. The summed E-state index contributed by atoms with van der Waals surface area (Å²) in [6, 6.07) is 13.9. The number of benzene rings is 2. The molecule has 0 aliphatic rings. The van der Waals surface area contributed by atoms with E-state index in [4.69, 9.17) is 10.00 Å². The van der Waals surface area contributed by atoms with Gasteiger partial charge in [-0.1, -0.05) is 6.92 Å². The predicted octanol–water partition coefficient (Wildman–Crippen LogP) is 4.29. The highest BCUT2D eigenvalue weighted by Crippen LogP contribution is 2.33. The summed E-state index contributed by atoms with van der Waals surface area (Å²) in [5, 5.41) is 29.5. The van der Waals surface area contributed by atoms with E-state index in [0.717, 1.165) is 23.6 Å². The zero-order valence-corrected chi connectivity index (χ0v) is 16.1. The van der Waals surface area contributed by atoms with E-state index in [0.29, 0.717) is 16.6 Å². The van der Waals surface area contributed by atoms with Gasteiger partial charge in [-0.25, -0.2) is 0 Å². The Balaban J connectivity index is 1.97. The fourth-order valence-corrected chi connectivity index (χ4v) is 3.56. The molecule has 0 spiro atoms. The highest BCUT2D eigenvalue weighted by atomic mass is 32.2. The number of methoxy groups -OCH3 is 1. The van der Waals surface area contributed by atoms with Gasteiger partial charge >= 0.3 is 0 Å². The van der Waals surface area contributed by atoms with Gasteiger partial charge in [0.05, 0.1) is 12.0 Å². The van der Waals surface area contributed by atoms with Gasteiger partial charge in [0, 0.05) is 23.1 Å². The van der Waals surface area contributed by atoms with Gasteiger partial charge in [-0.05, 0) is 54.6 Å². The molecule has 1 heterocycles. The number of nitro groups is 1. The van der Waals surface area contributed by atoms with Crippen molar-refractivity contribution >= 4 is 17.4 Å². The first-order valence-electron chi connectivity index (χ1n) is 8.51. The molecule has 1 aromatic heterocycles. The van der Waals surface area contributed by atoms with E-state index < -0.39 is 4.92 Å². The minimum absolute atomic E-state index is 0.0308. The van der Waals surface area contributed by atoms with Crippen molar-refractivity contribution in [1.29, 1.82) is 5.26 Å². The van der Waals surface area contributed by atoms with Crippen LogP contribution in [0.4, 0.5) is 5.69 Å². The minimum Gasteiger partial charge on any atom is -0.497 e. The molecule has 3 rings (SSSR count). The van der Waals surface area contributed by atoms with Crippen molar-refractivity contribution in [1.82, 2.24) is 14.8 Å². The maximum absolute atomic E-state index is 11.2. The lowest BCUT2D eigenvalue weighted by molar-refractivity contribution is -0.385. The Hall–Kier alpha value is -3.38. The number of ether oxygens (including phenoxy) is 1. The van der Waals surface area contributed by atoms with Gasteiger partial charge in [-0.3, -0.25) is 10.1 Å². The summed E-state index contributed by atoms with van der Waals surface area (Å²) in [6.07, 6.45) is 0.877. The van der Waals surface area contributed by atoms with E-state index in [2.05, 4.69) is 17.1 Å². The molecule has 0 N–H and O–H groups in total. The van der Waals surface area contributed by atoms with Crippen molar-refractivity contribution in [3.63, 3.8) is 0 Å². The molecule has 2 aromatic carbocycles. The first-order chi connectivity index (χ1) is 13.6. The zero-order valence-electron chi connectivity index (χ0n) is 15.3. The molecule has 0 saturated carbocycles. The lowest BCUT2D eigenvalue weighted by Crippen LogP contribution is -2.02. The van der Waals surface area contributed by atoms with Crippen molar-refractivity contribution in [2.75, 3.05) is 7.11 Å². The van der Waals surface area contributed by atoms with Gasteiger partial charge in [0.15, 0.2) is 11.0 Å². The van der Waals surface area contributed by atoms with Crippen molar-refractivity contribution in [3.8, 4) is 23.2 Å². The second-order valence-electron chi connectivity index (χ2n) is 5.84. The molecule has 0 aliphatic carbocycles. The average Bonchev–Trinajstić information content (AvgIpc) is 3.10. The molecule has 142 valence electrons. The molecule has 0 fully saturated rings. The summed E-state index contributed by atoms with van der Waals surface area (Å²) in [7, 11) is 1.61. The predicted molar refractivity (Wildman–Crippen MR) is 104 cm³/mol. The van der Waals surface area contributed by atoms with Crippen LogP contribution in [-0.4, -0.2) is 26.8 Å². The molecule has 3 aromatic rings. The lowest BCUT2D eigenvalue weighted by Gasteiger charge is -2.09. The average molecular weight is 395 g/mol. The van der Waals surface area contributed by atoms with Crippen LogP contribution in [0.15, 0.2) is 52.5 Å². The maximum Gasteiger partial charge on any atom is 0.288 e. The normalized spacial score (nSPS) is 10.5. The summed E-state index contributed by atoms with van der Waals surface area (Å²) < 4.78 is 7.17. The molecule has 0 amide bonds. The third kappa shape index (κ3) is 3.97. The first-order valence-corrected chi connectivity index (χ1v) is 9.33. The zero-order chi connectivity index (χ0) is 20.1. The van der Waals surface area contributed by atoms with Crippen LogP contribution < -0.4 is 4.74 Å². The van der Waals surface area contributed by atoms with Crippen molar-refractivity contribution in [2.45, 2.75) is 29.9 Å². The van der Waals surface area contributed by atoms with Crippen LogP contribution in [0.25, 0.3) is 11.4 Å². The van der Waals surface area contributed by atoms with Gasteiger partial charge in [0.1, 0.15) is 17.4 Å². The third-order valence-electron chi connectivity index (χ3n) is 4.01. The summed E-state index contributed by atoms with van der Waals surface area (Å²) in [5.41, 5.74) is 0.715. The summed E-state index contributed by atoms with van der Waals surface area (Å²) >= 11 is 1.28. The van der Waals surface area contributed by atoms with Crippen molar-refractivity contribution in [3.05, 3.63) is 58.1 Å². The number of hydrogen-bond acceptors (Lipinski definition) is 7. The fourth-order valence-electron chi connectivity index (χ4n) is 2.67. The molecule has 0 aliphatic heterocycles. The van der Waals surface area contributed by atoms with Gasteiger partial charge < -0.3 is 9.30 Å². The van der Waals surface area contributed by atoms with Gasteiger partial charge in [0.2, 0.25) is 0 Å². The van der Waals surface area contributed by atoms with Crippen molar-refractivity contribution in [2.24, 2.45) is 0 Å². The van der Waals surface area contributed by atoms with E-state index in [1.165, 1.54) is 23.9 Å². The summed E-state index contributed by atoms with van der Waals surface area (Å²) in [5.74, 6) is 1.47. The smallest absolute Gasteiger partial charge is 0.288 e.